The number of anilines is 1. The first-order valence-corrected chi connectivity index (χ1v) is 9.33. The van der Waals surface area contributed by atoms with Gasteiger partial charge in [0.15, 0.2) is 5.69 Å². The molecular weight excluding hydrogens is 382 g/mol. The van der Waals surface area contributed by atoms with Crippen LogP contribution in [0.5, 0.6) is 11.5 Å². The average Bonchev–Trinajstić information content (AvgIpc) is 3.43. The van der Waals surface area contributed by atoms with Crippen LogP contribution in [0.15, 0.2) is 73.2 Å². The number of nitrogens with one attached hydrogen (secondary N) is 1. The van der Waals surface area contributed by atoms with Gasteiger partial charge in [0.05, 0.1) is 12.8 Å². The zero-order valence-corrected chi connectivity index (χ0v) is 16.6. The number of aryl methyl sites for hydroxylation is 1. The van der Waals surface area contributed by atoms with Crippen molar-refractivity contribution in [3.63, 3.8) is 0 Å². The van der Waals surface area contributed by atoms with Gasteiger partial charge in [-0.25, -0.2) is 9.67 Å². The average molecular weight is 403 g/mol. The lowest BCUT2D eigenvalue weighted by Gasteiger charge is -2.08. The molecular formula is C22H21N5O3. The number of benzene rings is 2. The normalized spacial score (nSPS) is 10.6. The van der Waals surface area contributed by atoms with Crippen LogP contribution in [0.25, 0.3) is 5.69 Å². The van der Waals surface area contributed by atoms with Crippen LogP contribution in [0.2, 0.25) is 0 Å². The van der Waals surface area contributed by atoms with Crippen LogP contribution < -0.4 is 14.8 Å². The van der Waals surface area contributed by atoms with E-state index in [1.54, 1.807) is 54.5 Å². The molecule has 0 aliphatic rings. The van der Waals surface area contributed by atoms with E-state index in [0.717, 1.165) is 17.3 Å². The SMILES string of the molecule is COc1ccc(-n2ccc(C(=O)Nc3ccc(OCc4nccn4C)cc3)n2)cc1. The Morgan fingerprint density at radius 2 is 1.73 bits per heavy atom. The maximum Gasteiger partial charge on any atom is 0.276 e. The summed E-state index contributed by atoms with van der Waals surface area (Å²) in [7, 11) is 3.53. The van der Waals surface area contributed by atoms with Gasteiger partial charge < -0.3 is 19.4 Å². The predicted molar refractivity (Wildman–Crippen MR) is 112 cm³/mol. The van der Waals surface area contributed by atoms with Gasteiger partial charge in [0, 0.05) is 31.3 Å². The van der Waals surface area contributed by atoms with E-state index in [9.17, 15) is 4.79 Å². The Morgan fingerprint density at radius 3 is 2.40 bits per heavy atom. The summed E-state index contributed by atoms with van der Waals surface area (Å²) in [6, 6.07) is 16.3. The molecule has 1 N–H and O–H groups in total. The van der Waals surface area contributed by atoms with Gasteiger partial charge in [-0.3, -0.25) is 4.79 Å². The molecule has 0 fully saturated rings. The Labute approximate surface area is 173 Å². The highest BCUT2D eigenvalue weighted by molar-refractivity contribution is 6.02. The minimum Gasteiger partial charge on any atom is -0.497 e. The number of imidazole rings is 1. The van der Waals surface area contributed by atoms with Gasteiger partial charge in [-0.15, -0.1) is 0 Å². The molecule has 30 heavy (non-hydrogen) atoms. The van der Waals surface area contributed by atoms with E-state index < -0.39 is 0 Å². The third-order valence-corrected chi connectivity index (χ3v) is 4.56. The predicted octanol–water partition coefficient (Wildman–Crippen LogP) is 3.45. The molecule has 0 bridgehead atoms. The molecule has 152 valence electrons. The number of nitrogens with zero attached hydrogens (tertiary/aromatic N) is 4. The number of ether oxygens (including phenoxy) is 2. The molecule has 1 amide bonds. The topological polar surface area (TPSA) is 83.2 Å². The van der Waals surface area contributed by atoms with Crippen molar-refractivity contribution in [1.82, 2.24) is 19.3 Å². The molecule has 8 heteroatoms. The second kappa shape index (κ2) is 8.52. The third-order valence-electron chi connectivity index (χ3n) is 4.56. The Bertz CT molecular complexity index is 1130. The fourth-order valence-electron chi connectivity index (χ4n) is 2.84. The second-order valence-corrected chi connectivity index (χ2v) is 6.57. The third kappa shape index (κ3) is 4.33. The first-order valence-electron chi connectivity index (χ1n) is 9.33. The van der Waals surface area contributed by atoms with Crippen LogP contribution in [0, 0.1) is 0 Å². The summed E-state index contributed by atoms with van der Waals surface area (Å²) >= 11 is 0. The lowest BCUT2D eigenvalue weighted by Crippen LogP contribution is -2.13. The molecule has 0 aliphatic heterocycles. The summed E-state index contributed by atoms with van der Waals surface area (Å²) in [6.07, 6.45) is 5.34. The highest BCUT2D eigenvalue weighted by atomic mass is 16.5. The van der Waals surface area contributed by atoms with Crippen molar-refractivity contribution in [2.24, 2.45) is 7.05 Å². The highest BCUT2D eigenvalue weighted by Gasteiger charge is 2.11. The summed E-state index contributed by atoms with van der Waals surface area (Å²) in [6.45, 7) is 0.373. The Balaban J connectivity index is 1.36. The number of amides is 1. The number of methoxy groups -OCH3 is 1. The first kappa shape index (κ1) is 19.3. The first-order chi connectivity index (χ1) is 14.6. The molecule has 4 rings (SSSR count). The minimum absolute atomic E-state index is 0.288. The smallest absolute Gasteiger partial charge is 0.276 e. The quantitative estimate of drug-likeness (QED) is 0.511. The summed E-state index contributed by atoms with van der Waals surface area (Å²) in [5.74, 6) is 2.00. The van der Waals surface area contributed by atoms with Crippen molar-refractivity contribution in [1.29, 1.82) is 0 Å². The summed E-state index contributed by atoms with van der Waals surface area (Å²) in [5, 5.41) is 7.19. The van der Waals surface area contributed by atoms with Crippen LogP contribution in [0.3, 0.4) is 0 Å². The standard InChI is InChI=1S/C22H21N5O3/c1-26-14-12-23-21(26)15-30-19-7-3-16(4-8-19)24-22(28)20-11-13-27(25-20)17-5-9-18(29-2)10-6-17/h3-14H,15H2,1-2H3,(H,24,28). The molecule has 2 heterocycles. The molecule has 2 aromatic heterocycles. The largest absolute Gasteiger partial charge is 0.497 e. The van der Waals surface area contributed by atoms with Crippen molar-refractivity contribution in [2.45, 2.75) is 6.61 Å². The van der Waals surface area contributed by atoms with Gasteiger partial charge in [-0.05, 0) is 54.6 Å². The van der Waals surface area contributed by atoms with Gasteiger partial charge >= 0.3 is 0 Å². The summed E-state index contributed by atoms with van der Waals surface area (Å²) in [5.41, 5.74) is 1.81. The molecule has 0 unspecified atom stereocenters. The molecule has 0 saturated carbocycles. The van der Waals surface area contributed by atoms with Gasteiger partial charge in [-0.1, -0.05) is 0 Å². The van der Waals surface area contributed by atoms with Crippen LogP contribution in [-0.2, 0) is 13.7 Å². The molecule has 0 radical (unpaired) electrons. The molecule has 0 atom stereocenters. The van der Waals surface area contributed by atoms with Gasteiger partial charge in [0.1, 0.15) is 23.9 Å². The molecule has 8 nitrogen and oxygen atoms in total. The van der Waals surface area contributed by atoms with E-state index in [4.69, 9.17) is 9.47 Å². The van der Waals surface area contributed by atoms with Crippen molar-refractivity contribution >= 4 is 11.6 Å². The lowest BCUT2D eigenvalue weighted by molar-refractivity contribution is 0.102. The van der Waals surface area contributed by atoms with Crippen LogP contribution in [0.1, 0.15) is 16.3 Å². The van der Waals surface area contributed by atoms with Crippen molar-refractivity contribution < 1.29 is 14.3 Å². The van der Waals surface area contributed by atoms with Crippen LogP contribution in [0.4, 0.5) is 5.69 Å². The van der Waals surface area contributed by atoms with E-state index in [2.05, 4.69) is 15.4 Å². The Kier molecular flexibility index (Phi) is 5.47. The van der Waals surface area contributed by atoms with E-state index in [1.807, 2.05) is 42.1 Å². The van der Waals surface area contributed by atoms with Crippen LogP contribution >= 0.6 is 0 Å². The summed E-state index contributed by atoms with van der Waals surface area (Å²) < 4.78 is 14.4. The number of hydrogen-bond acceptors (Lipinski definition) is 5. The van der Waals surface area contributed by atoms with Gasteiger partial charge in [0.2, 0.25) is 0 Å². The fraction of sp³-hybridized carbons (Fsp3) is 0.136. The zero-order valence-electron chi connectivity index (χ0n) is 16.6. The zero-order chi connectivity index (χ0) is 20.9. The maximum atomic E-state index is 12.5. The number of carbonyl (C=O) groups is 1. The number of carbonyl (C=O) groups excluding carboxylic acids is 1. The number of aromatic nitrogens is 4. The fourth-order valence-corrected chi connectivity index (χ4v) is 2.84. The van der Waals surface area contributed by atoms with Gasteiger partial charge in [0.25, 0.3) is 5.91 Å². The van der Waals surface area contributed by atoms with E-state index in [1.165, 1.54) is 0 Å². The maximum absolute atomic E-state index is 12.5. The Morgan fingerprint density at radius 1 is 1.00 bits per heavy atom. The van der Waals surface area contributed by atoms with E-state index >= 15 is 0 Å². The molecule has 0 spiro atoms. The Hall–Kier alpha value is -4.07. The van der Waals surface area contributed by atoms with Gasteiger partial charge in [-0.2, -0.15) is 5.10 Å². The molecule has 4 aromatic rings. The monoisotopic (exact) mass is 403 g/mol. The van der Waals surface area contributed by atoms with Crippen molar-refractivity contribution in [2.75, 3.05) is 12.4 Å². The molecule has 0 saturated heterocycles. The summed E-state index contributed by atoms with van der Waals surface area (Å²) in [4.78, 5) is 16.7. The molecule has 2 aromatic carbocycles. The van der Waals surface area contributed by atoms with E-state index in [-0.39, 0.29) is 5.91 Å². The van der Waals surface area contributed by atoms with E-state index in [0.29, 0.717) is 23.7 Å². The molecule has 0 aliphatic carbocycles. The highest BCUT2D eigenvalue weighted by Crippen LogP contribution is 2.18. The number of hydrogen-bond donors (Lipinski definition) is 1. The minimum atomic E-state index is -0.288. The van der Waals surface area contributed by atoms with Crippen LogP contribution in [-0.4, -0.2) is 32.3 Å². The lowest BCUT2D eigenvalue weighted by atomic mass is 10.3. The van der Waals surface area contributed by atoms with Crippen molar-refractivity contribution in [3.8, 4) is 17.2 Å². The number of rotatable bonds is 7. The van der Waals surface area contributed by atoms with Crippen molar-refractivity contribution in [3.05, 3.63) is 84.7 Å². The second-order valence-electron chi connectivity index (χ2n) is 6.57.